The summed E-state index contributed by atoms with van der Waals surface area (Å²) in [6, 6.07) is 16.2. The molecule has 0 aliphatic carbocycles. The monoisotopic (exact) mass is 569 g/mol. The first-order valence-corrected chi connectivity index (χ1v) is 13.4. The molecular weight excluding hydrogens is 534 g/mol. The van der Waals surface area contributed by atoms with Crippen LogP contribution in [0.5, 0.6) is 5.75 Å². The Hall–Kier alpha value is -4.80. The third kappa shape index (κ3) is 5.67. The molecule has 0 saturated heterocycles. The lowest BCUT2D eigenvalue weighted by molar-refractivity contribution is -0.126. The summed E-state index contributed by atoms with van der Waals surface area (Å²) in [7, 11) is 1.36. The van der Waals surface area contributed by atoms with Crippen LogP contribution >= 0.6 is 0 Å². The van der Waals surface area contributed by atoms with Crippen molar-refractivity contribution in [3.63, 3.8) is 0 Å². The molecule has 4 rings (SSSR count). The molecule has 3 atom stereocenters. The fourth-order valence-corrected chi connectivity index (χ4v) is 5.35. The van der Waals surface area contributed by atoms with Crippen LogP contribution in [0.4, 0.5) is 0 Å². The molecule has 3 aromatic carbocycles. The van der Waals surface area contributed by atoms with E-state index in [4.69, 9.17) is 21.9 Å². The van der Waals surface area contributed by atoms with Crippen molar-refractivity contribution >= 4 is 17.7 Å². The average molecular weight is 570 g/mol. The number of aromatic amines is 1. The zero-order valence-electron chi connectivity index (χ0n) is 24.0. The number of carboxylic acids is 1. The number of methoxy groups -OCH3 is 1. The number of H-pyrrole nitrogens is 1. The van der Waals surface area contributed by atoms with Crippen molar-refractivity contribution in [1.82, 2.24) is 9.97 Å². The molecule has 1 heterocycles. The molecule has 0 radical (unpaired) electrons. The Kier molecular flexibility index (Phi) is 8.60. The maximum absolute atomic E-state index is 14.4. The Balaban J connectivity index is 1.80. The molecule has 0 fully saturated rings. The van der Waals surface area contributed by atoms with Crippen LogP contribution in [-0.4, -0.2) is 45.9 Å². The van der Waals surface area contributed by atoms with Gasteiger partial charge in [-0.1, -0.05) is 43.3 Å². The molecule has 0 aliphatic rings. The molecule has 0 aliphatic heterocycles. The summed E-state index contributed by atoms with van der Waals surface area (Å²) in [5.74, 6) is -2.48. The van der Waals surface area contributed by atoms with E-state index in [-0.39, 0.29) is 23.3 Å². The van der Waals surface area contributed by atoms with E-state index >= 15 is 0 Å². The van der Waals surface area contributed by atoms with Crippen LogP contribution in [-0.2, 0) is 16.8 Å². The lowest BCUT2D eigenvalue weighted by atomic mass is 9.72. The Bertz CT molecular complexity index is 1630. The van der Waals surface area contributed by atoms with Gasteiger partial charge < -0.3 is 32.0 Å². The zero-order chi connectivity index (χ0) is 30.8. The molecule has 3 unspecified atom stereocenters. The summed E-state index contributed by atoms with van der Waals surface area (Å²) in [6.07, 6.45) is 1.80. The summed E-state index contributed by atoms with van der Waals surface area (Å²) in [5, 5.41) is 9.86. The number of hydrogen-bond donors (Lipinski definition) is 5. The second-order valence-corrected chi connectivity index (χ2v) is 10.5. The van der Waals surface area contributed by atoms with E-state index in [1.54, 1.807) is 31.3 Å². The van der Waals surface area contributed by atoms with Gasteiger partial charge in [0.15, 0.2) is 5.78 Å². The average Bonchev–Trinajstić information content (AvgIpc) is 3.48. The van der Waals surface area contributed by atoms with Gasteiger partial charge >= 0.3 is 5.97 Å². The van der Waals surface area contributed by atoms with Crippen LogP contribution in [0.2, 0.25) is 0 Å². The summed E-state index contributed by atoms with van der Waals surface area (Å²) >= 11 is 0. The minimum absolute atomic E-state index is 0.128. The predicted octanol–water partition coefficient (Wildman–Crippen LogP) is 3.60. The Morgan fingerprint density at radius 1 is 1.05 bits per heavy atom. The number of aryl methyl sites for hydroxylation is 2. The van der Waals surface area contributed by atoms with E-state index in [0.717, 1.165) is 27.9 Å². The number of aromatic carboxylic acids is 1. The number of ether oxygens (including phenoxy) is 1. The number of nitrogens with two attached hydrogens (primary N) is 3. The number of carboxylic acid groups (broad SMARTS) is 1. The van der Waals surface area contributed by atoms with Gasteiger partial charge in [0.1, 0.15) is 22.7 Å². The Labute approximate surface area is 243 Å². The molecule has 10 heteroatoms. The van der Waals surface area contributed by atoms with Gasteiger partial charge in [0.25, 0.3) is 0 Å². The number of rotatable bonds is 11. The quantitative estimate of drug-likeness (QED) is 0.181. The molecule has 8 N–H and O–H groups in total. The van der Waals surface area contributed by atoms with Gasteiger partial charge in [-0.15, -0.1) is 0 Å². The van der Waals surface area contributed by atoms with Gasteiger partial charge in [-0.3, -0.25) is 9.59 Å². The summed E-state index contributed by atoms with van der Waals surface area (Å²) in [6.45, 7) is 5.39. The summed E-state index contributed by atoms with van der Waals surface area (Å²) in [5.41, 5.74) is 21.7. The molecule has 42 heavy (non-hydrogen) atoms. The van der Waals surface area contributed by atoms with Crippen LogP contribution in [0.1, 0.15) is 61.6 Å². The fraction of sp³-hybridized carbons (Fsp3) is 0.250. The topological polar surface area (TPSA) is 187 Å². The highest BCUT2D eigenvalue weighted by molar-refractivity contribution is 5.97. The lowest BCUT2D eigenvalue weighted by Gasteiger charge is -2.36. The molecule has 10 nitrogen and oxygen atoms in total. The van der Waals surface area contributed by atoms with Gasteiger partial charge in [0, 0.05) is 11.5 Å². The van der Waals surface area contributed by atoms with E-state index < -0.39 is 35.2 Å². The normalized spacial score (nSPS) is 14.0. The van der Waals surface area contributed by atoms with Crippen LogP contribution in [0, 0.1) is 13.8 Å². The molecular formula is C32H35N5O5. The number of ketones is 1. The van der Waals surface area contributed by atoms with Crippen LogP contribution in [0.25, 0.3) is 11.3 Å². The SMILES string of the molecule is COc1ccc(C(N)(C(=O)C(N)Cc2c(C)cc(C(N)=O)cc2C)C(C)c2ncc(-c3ccccc3)[nH]2)cc1C(=O)O. The number of amides is 1. The summed E-state index contributed by atoms with van der Waals surface area (Å²) < 4.78 is 5.23. The third-order valence-electron chi connectivity index (χ3n) is 7.83. The number of aromatic nitrogens is 2. The van der Waals surface area contributed by atoms with E-state index in [1.807, 2.05) is 44.2 Å². The number of carbonyl (C=O) groups is 3. The molecule has 1 aromatic heterocycles. The number of carbonyl (C=O) groups excluding carboxylic acids is 2. The Morgan fingerprint density at radius 3 is 2.26 bits per heavy atom. The van der Waals surface area contributed by atoms with Crippen molar-refractivity contribution in [1.29, 1.82) is 0 Å². The van der Waals surface area contributed by atoms with Gasteiger partial charge in [-0.25, -0.2) is 9.78 Å². The number of nitrogens with zero attached hydrogens (tertiary/aromatic N) is 1. The molecule has 1 amide bonds. The van der Waals surface area contributed by atoms with Crippen molar-refractivity contribution in [2.24, 2.45) is 17.2 Å². The maximum atomic E-state index is 14.4. The van der Waals surface area contributed by atoms with Crippen molar-refractivity contribution in [3.8, 4) is 17.0 Å². The van der Waals surface area contributed by atoms with E-state index in [9.17, 15) is 19.5 Å². The van der Waals surface area contributed by atoms with Gasteiger partial charge in [-0.05, 0) is 72.4 Å². The zero-order valence-corrected chi connectivity index (χ0v) is 24.0. The number of hydrogen-bond acceptors (Lipinski definition) is 7. The maximum Gasteiger partial charge on any atom is 0.339 e. The highest BCUT2D eigenvalue weighted by Gasteiger charge is 2.46. The van der Waals surface area contributed by atoms with Crippen LogP contribution in [0.3, 0.4) is 0 Å². The number of nitrogens with one attached hydrogen (secondary N) is 1. The van der Waals surface area contributed by atoms with E-state index in [1.165, 1.54) is 19.2 Å². The van der Waals surface area contributed by atoms with Crippen molar-refractivity contribution in [3.05, 3.63) is 106 Å². The van der Waals surface area contributed by atoms with Crippen molar-refractivity contribution in [2.45, 2.75) is 44.7 Å². The van der Waals surface area contributed by atoms with Gasteiger partial charge in [-0.2, -0.15) is 0 Å². The van der Waals surface area contributed by atoms with Crippen LogP contribution in [0.15, 0.2) is 66.9 Å². The van der Waals surface area contributed by atoms with Gasteiger partial charge in [0.05, 0.1) is 25.0 Å². The summed E-state index contributed by atoms with van der Waals surface area (Å²) in [4.78, 5) is 46.0. The second kappa shape index (κ2) is 12.0. The number of Topliss-reactive ketones (excluding diaryl/α,β-unsaturated/α-hetero) is 1. The first-order chi connectivity index (χ1) is 19.9. The molecule has 0 bridgehead atoms. The highest BCUT2D eigenvalue weighted by Crippen LogP contribution is 2.38. The van der Waals surface area contributed by atoms with E-state index in [2.05, 4.69) is 9.97 Å². The molecule has 218 valence electrons. The minimum atomic E-state index is -1.78. The van der Waals surface area contributed by atoms with E-state index in [0.29, 0.717) is 11.4 Å². The fourth-order valence-electron chi connectivity index (χ4n) is 5.35. The van der Waals surface area contributed by atoms with Crippen LogP contribution < -0.4 is 21.9 Å². The largest absolute Gasteiger partial charge is 0.496 e. The van der Waals surface area contributed by atoms with Gasteiger partial charge in [0.2, 0.25) is 5.91 Å². The third-order valence-corrected chi connectivity index (χ3v) is 7.83. The molecule has 4 aromatic rings. The standard InChI is InChI=1S/C32H35N5O5/c1-17-12-21(29(34)39)13-18(2)23(17)15-25(33)28(38)32(35,22-10-11-27(42-4)24(14-22)31(40)41)19(3)30-36-16-26(37-30)20-8-6-5-7-9-20/h5-14,16,19,25H,15,33,35H2,1-4H3,(H2,34,39)(H,36,37)(H,40,41). The second-order valence-electron chi connectivity index (χ2n) is 10.5. The first kappa shape index (κ1) is 30.2. The number of primary amides is 1. The Morgan fingerprint density at radius 2 is 1.69 bits per heavy atom. The molecule has 0 spiro atoms. The highest BCUT2D eigenvalue weighted by atomic mass is 16.5. The molecule has 0 saturated carbocycles. The minimum Gasteiger partial charge on any atom is -0.496 e. The first-order valence-electron chi connectivity index (χ1n) is 13.4. The number of imidazole rings is 1. The van der Waals surface area contributed by atoms with Crippen molar-refractivity contribution in [2.75, 3.05) is 7.11 Å². The van der Waals surface area contributed by atoms with Crippen molar-refractivity contribution < 1.29 is 24.2 Å². The lowest BCUT2D eigenvalue weighted by Crippen LogP contribution is -2.56. The smallest absolute Gasteiger partial charge is 0.339 e. The predicted molar refractivity (Wildman–Crippen MR) is 159 cm³/mol. The number of benzene rings is 3.